The summed E-state index contributed by atoms with van der Waals surface area (Å²) in [5.41, 5.74) is -2.22. The number of imide groups is 2. The van der Waals surface area contributed by atoms with E-state index >= 15 is 0 Å². The van der Waals surface area contributed by atoms with Crippen LogP contribution in [0.15, 0.2) is 12.7 Å². The van der Waals surface area contributed by atoms with Gasteiger partial charge in [0.25, 0.3) is 11.8 Å². The zero-order valence-corrected chi connectivity index (χ0v) is 11.1. The summed E-state index contributed by atoms with van der Waals surface area (Å²) < 4.78 is 0. The van der Waals surface area contributed by atoms with E-state index < -0.39 is 35.1 Å². The minimum atomic E-state index is -2.22. The summed E-state index contributed by atoms with van der Waals surface area (Å²) in [6.07, 6.45) is 2.07. The number of carbonyl (C=O) groups is 4. The van der Waals surface area contributed by atoms with E-state index in [0.29, 0.717) is 6.42 Å². The number of nitrogens with one attached hydrogen (secondary N) is 2. The Bertz CT molecular complexity index is 396. The average molecular weight is 270 g/mol. The van der Waals surface area contributed by atoms with Gasteiger partial charge in [0.1, 0.15) is 0 Å². The van der Waals surface area contributed by atoms with Gasteiger partial charge < -0.3 is 5.11 Å². The molecule has 0 aromatic carbocycles. The number of hydrogen-bond donors (Lipinski definition) is 3. The third-order valence-electron chi connectivity index (χ3n) is 2.86. The second-order valence-electron chi connectivity index (χ2n) is 4.07. The Morgan fingerprint density at radius 3 is 2.00 bits per heavy atom. The quantitative estimate of drug-likeness (QED) is 0.515. The molecule has 4 amide bonds. The lowest BCUT2D eigenvalue weighted by atomic mass is 9.72. The fraction of sp³-hybridized carbons (Fsp3) is 0.500. The largest absolute Gasteiger partial charge is 0.480 e. The van der Waals surface area contributed by atoms with Crippen LogP contribution in [0.25, 0.3) is 0 Å². The van der Waals surface area contributed by atoms with E-state index in [9.17, 15) is 19.2 Å². The highest BCUT2D eigenvalue weighted by molar-refractivity contribution is 6.29. The minimum absolute atomic E-state index is 0.321. The number of urea groups is 1. The zero-order chi connectivity index (χ0) is 15.2. The molecule has 106 valence electrons. The normalized spacial score (nSPS) is 18.4. The first-order valence-electron chi connectivity index (χ1n) is 5.76. The second-order valence-corrected chi connectivity index (χ2v) is 4.07. The van der Waals surface area contributed by atoms with E-state index in [1.165, 1.54) is 6.92 Å². The van der Waals surface area contributed by atoms with Gasteiger partial charge in [-0.2, -0.15) is 0 Å². The van der Waals surface area contributed by atoms with Crippen LogP contribution in [0, 0.1) is 11.3 Å². The standard InChI is InChI=1S/C9H12N2O5.C3H6/c1-3-4(2)9(7(14)15)5(12)10-8(16)11-6(9)13;1-3-2/h4H,3H2,1-2H3,(H,14,15)(H2,10,11,12,13,16);3H,1H2,2H3. The number of amides is 4. The van der Waals surface area contributed by atoms with Crippen LogP contribution in [-0.2, 0) is 14.4 Å². The number of aliphatic carboxylic acids is 1. The summed E-state index contributed by atoms with van der Waals surface area (Å²) in [6, 6.07) is -0.991. The Morgan fingerprint density at radius 1 is 1.37 bits per heavy atom. The smallest absolute Gasteiger partial charge is 0.329 e. The van der Waals surface area contributed by atoms with Gasteiger partial charge in [0.15, 0.2) is 0 Å². The third kappa shape index (κ3) is 2.98. The molecule has 19 heavy (non-hydrogen) atoms. The Labute approximate surface area is 111 Å². The molecule has 0 aromatic rings. The van der Waals surface area contributed by atoms with Gasteiger partial charge in [0, 0.05) is 0 Å². The van der Waals surface area contributed by atoms with E-state index in [4.69, 9.17) is 5.11 Å². The first-order chi connectivity index (χ1) is 8.78. The van der Waals surface area contributed by atoms with Gasteiger partial charge in [0.2, 0.25) is 5.41 Å². The van der Waals surface area contributed by atoms with Gasteiger partial charge in [-0.3, -0.25) is 25.0 Å². The number of barbiturate groups is 1. The monoisotopic (exact) mass is 270 g/mol. The summed E-state index contributed by atoms with van der Waals surface area (Å²) in [4.78, 5) is 45.2. The van der Waals surface area contributed by atoms with Gasteiger partial charge in [-0.25, -0.2) is 4.79 Å². The Kier molecular flexibility index (Phi) is 5.91. The van der Waals surface area contributed by atoms with Crippen molar-refractivity contribution in [1.29, 1.82) is 0 Å². The van der Waals surface area contributed by atoms with Crippen molar-refractivity contribution in [3.63, 3.8) is 0 Å². The highest BCUT2D eigenvalue weighted by Gasteiger charge is 2.59. The minimum Gasteiger partial charge on any atom is -0.480 e. The second kappa shape index (κ2) is 6.67. The molecular weight excluding hydrogens is 252 g/mol. The maximum Gasteiger partial charge on any atom is 0.329 e. The molecule has 1 aliphatic heterocycles. The zero-order valence-electron chi connectivity index (χ0n) is 11.1. The highest BCUT2D eigenvalue weighted by Crippen LogP contribution is 2.33. The summed E-state index contributed by atoms with van der Waals surface area (Å²) in [5.74, 6) is -4.42. The fourth-order valence-electron chi connectivity index (χ4n) is 1.70. The van der Waals surface area contributed by atoms with E-state index in [2.05, 4.69) is 6.58 Å². The molecule has 0 saturated carbocycles. The topological polar surface area (TPSA) is 113 Å². The van der Waals surface area contributed by atoms with Crippen molar-refractivity contribution in [2.45, 2.75) is 27.2 Å². The highest BCUT2D eigenvalue weighted by atomic mass is 16.4. The van der Waals surface area contributed by atoms with Gasteiger partial charge in [-0.1, -0.05) is 26.3 Å². The van der Waals surface area contributed by atoms with Crippen LogP contribution in [-0.4, -0.2) is 28.9 Å². The molecule has 1 saturated heterocycles. The van der Waals surface area contributed by atoms with Gasteiger partial charge in [-0.05, 0) is 12.8 Å². The van der Waals surface area contributed by atoms with Gasteiger partial charge in [0.05, 0.1) is 0 Å². The molecule has 1 unspecified atom stereocenters. The molecule has 1 fully saturated rings. The van der Waals surface area contributed by atoms with E-state index in [1.807, 2.05) is 6.92 Å². The van der Waals surface area contributed by atoms with Crippen molar-refractivity contribution >= 4 is 23.8 Å². The summed E-state index contributed by atoms with van der Waals surface area (Å²) in [7, 11) is 0. The Hall–Kier alpha value is -2.18. The number of hydrogen-bond acceptors (Lipinski definition) is 4. The van der Waals surface area contributed by atoms with Crippen LogP contribution in [0.1, 0.15) is 27.2 Å². The maximum atomic E-state index is 11.6. The molecule has 1 atom stereocenters. The number of carboxylic acid groups (broad SMARTS) is 1. The summed E-state index contributed by atoms with van der Waals surface area (Å²) in [5, 5.41) is 12.7. The van der Waals surface area contributed by atoms with Crippen molar-refractivity contribution in [2.24, 2.45) is 11.3 Å². The molecule has 1 rings (SSSR count). The molecule has 0 radical (unpaired) electrons. The van der Waals surface area contributed by atoms with E-state index in [1.54, 1.807) is 23.6 Å². The van der Waals surface area contributed by atoms with Crippen LogP contribution in [0.4, 0.5) is 4.79 Å². The van der Waals surface area contributed by atoms with E-state index in [-0.39, 0.29) is 0 Å². The first kappa shape index (κ1) is 16.8. The number of rotatable bonds is 3. The van der Waals surface area contributed by atoms with Gasteiger partial charge >= 0.3 is 12.0 Å². The number of allylic oxidation sites excluding steroid dienone is 1. The summed E-state index contributed by atoms with van der Waals surface area (Å²) in [6.45, 7) is 8.38. The lowest BCUT2D eigenvalue weighted by Crippen LogP contribution is -2.67. The molecule has 1 aliphatic rings. The Morgan fingerprint density at radius 2 is 1.74 bits per heavy atom. The fourth-order valence-corrected chi connectivity index (χ4v) is 1.70. The molecule has 0 aromatic heterocycles. The van der Waals surface area contributed by atoms with Crippen molar-refractivity contribution in [2.75, 3.05) is 0 Å². The Balaban J connectivity index is 0.000000982. The molecule has 7 nitrogen and oxygen atoms in total. The van der Waals surface area contributed by atoms with Crippen LogP contribution in [0.3, 0.4) is 0 Å². The molecular formula is C12H18N2O5. The predicted molar refractivity (Wildman–Crippen MR) is 67.1 cm³/mol. The van der Waals surface area contributed by atoms with E-state index in [0.717, 1.165) is 0 Å². The van der Waals surface area contributed by atoms with Gasteiger partial charge in [-0.15, -0.1) is 6.58 Å². The SMILES string of the molecule is C=CC.CCC(C)C1(C(=O)O)C(=O)NC(=O)NC1=O. The van der Waals surface area contributed by atoms with Crippen LogP contribution >= 0.6 is 0 Å². The lowest BCUT2D eigenvalue weighted by molar-refractivity contribution is -0.166. The molecule has 0 aliphatic carbocycles. The average Bonchev–Trinajstić information content (AvgIpc) is 2.28. The molecule has 3 N–H and O–H groups in total. The molecule has 7 heteroatoms. The van der Waals surface area contributed by atoms with Crippen molar-refractivity contribution in [1.82, 2.24) is 10.6 Å². The first-order valence-corrected chi connectivity index (χ1v) is 5.76. The third-order valence-corrected chi connectivity index (χ3v) is 2.86. The van der Waals surface area contributed by atoms with Crippen LogP contribution < -0.4 is 10.6 Å². The molecule has 1 heterocycles. The van der Waals surface area contributed by atoms with Crippen LogP contribution in [0.5, 0.6) is 0 Å². The van der Waals surface area contributed by atoms with Crippen molar-refractivity contribution in [3.05, 3.63) is 12.7 Å². The van der Waals surface area contributed by atoms with Crippen molar-refractivity contribution in [3.8, 4) is 0 Å². The van der Waals surface area contributed by atoms with Crippen molar-refractivity contribution < 1.29 is 24.3 Å². The lowest BCUT2D eigenvalue weighted by Gasteiger charge is -2.34. The molecule has 0 spiro atoms. The van der Waals surface area contributed by atoms with Crippen LogP contribution in [0.2, 0.25) is 0 Å². The molecule has 0 bridgehead atoms. The predicted octanol–water partition coefficient (Wildman–Crippen LogP) is 0.662. The number of carboxylic acids is 1. The number of carbonyl (C=O) groups excluding carboxylic acids is 3. The maximum absolute atomic E-state index is 11.6. The summed E-state index contributed by atoms with van der Waals surface area (Å²) >= 11 is 0.